The molecule has 0 aliphatic rings. The van der Waals surface area contributed by atoms with Crippen molar-refractivity contribution in [1.29, 1.82) is 5.26 Å². The Balaban J connectivity index is 3.67. The van der Waals surface area contributed by atoms with Crippen molar-refractivity contribution >= 4 is 0 Å². The average molecular weight is 125 g/mol. The molecule has 0 N–H and O–H groups in total. The first kappa shape index (κ1) is 8.49. The van der Waals surface area contributed by atoms with Gasteiger partial charge >= 0.3 is 0 Å². The van der Waals surface area contributed by atoms with E-state index in [1.54, 1.807) is 0 Å². The fourth-order valence-electron chi connectivity index (χ4n) is 1.10. The first-order valence-electron chi connectivity index (χ1n) is 3.65. The van der Waals surface area contributed by atoms with Gasteiger partial charge in [0.2, 0.25) is 0 Å². The Kier molecular flexibility index (Phi) is 4.13. The molecule has 0 heterocycles. The lowest BCUT2D eigenvalue weighted by Crippen LogP contribution is -2.06. The fourth-order valence-corrected chi connectivity index (χ4v) is 1.10. The van der Waals surface area contributed by atoms with Crippen LogP contribution in [0.3, 0.4) is 0 Å². The van der Waals surface area contributed by atoms with Crippen molar-refractivity contribution in [3.63, 3.8) is 0 Å². The molecule has 0 bridgehead atoms. The zero-order valence-electron chi connectivity index (χ0n) is 6.52. The summed E-state index contributed by atoms with van der Waals surface area (Å²) in [5, 5.41) is 8.52. The highest BCUT2D eigenvalue weighted by atomic mass is 14.3. The highest BCUT2D eigenvalue weighted by Gasteiger charge is 2.10. The van der Waals surface area contributed by atoms with Crippen LogP contribution in [-0.2, 0) is 0 Å². The van der Waals surface area contributed by atoms with Crippen LogP contribution in [0.4, 0.5) is 0 Å². The molecule has 1 unspecified atom stereocenters. The van der Waals surface area contributed by atoms with E-state index in [0.29, 0.717) is 5.92 Å². The topological polar surface area (TPSA) is 23.8 Å². The second kappa shape index (κ2) is 4.38. The van der Waals surface area contributed by atoms with E-state index >= 15 is 0 Å². The average Bonchev–Trinajstić information content (AvgIpc) is 1.90. The molecule has 0 aromatic carbocycles. The largest absolute Gasteiger partial charge is 0.198 e. The van der Waals surface area contributed by atoms with Crippen LogP contribution in [-0.4, -0.2) is 0 Å². The Morgan fingerprint density at radius 3 is 1.89 bits per heavy atom. The van der Waals surface area contributed by atoms with Gasteiger partial charge in [0.1, 0.15) is 0 Å². The van der Waals surface area contributed by atoms with Gasteiger partial charge in [0.25, 0.3) is 0 Å². The van der Waals surface area contributed by atoms with Gasteiger partial charge in [-0.1, -0.05) is 26.7 Å². The Bertz CT molecular complexity index is 97.6. The first-order valence-corrected chi connectivity index (χ1v) is 3.65. The van der Waals surface area contributed by atoms with Crippen molar-refractivity contribution in [2.24, 2.45) is 11.8 Å². The van der Waals surface area contributed by atoms with Gasteiger partial charge in [0.05, 0.1) is 6.07 Å². The summed E-state index contributed by atoms with van der Waals surface area (Å²) >= 11 is 0. The second-order valence-corrected chi connectivity index (χ2v) is 2.49. The van der Waals surface area contributed by atoms with Crippen molar-refractivity contribution < 1.29 is 0 Å². The molecule has 0 spiro atoms. The van der Waals surface area contributed by atoms with Crippen LogP contribution in [0.15, 0.2) is 0 Å². The van der Waals surface area contributed by atoms with E-state index in [-0.39, 0.29) is 5.92 Å². The van der Waals surface area contributed by atoms with Gasteiger partial charge in [-0.25, -0.2) is 0 Å². The minimum atomic E-state index is 0.236. The summed E-state index contributed by atoms with van der Waals surface area (Å²) in [5.74, 6) is 0.843. The summed E-state index contributed by atoms with van der Waals surface area (Å²) in [7, 11) is 0. The smallest absolute Gasteiger partial charge is 0.0655 e. The molecule has 0 aromatic rings. The van der Waals surface area contributed by atoms with Crippen LogP contribution in [0.5, 0.6) is 0 Å². The van der Waals surface area contributed by atoms with Crippen molar-refractivity contribution in [3.8, 4) is 6.07 Å². The molecular weight excluding hydrogens is 110 g/mol. The third-order valence-electron chi connectivity index (χ3n) is 1.96. The predicted octanol–water partition coefficient (Wildman–Crippen LogP) is 2.58. The normalized spacial score (nSPS) is 13.2. The minimum Gasteiger partial charge on any atom is -0.198 e. The molecule has 52 valence electrons. The highest BCUT2D eigenvalue weighted by molar-refractivity contribution is 4.83. The third-order valence-corrected chi connectivity index (χ3v) is 1.96. The Morgan fingerprint density at radius 2 is 1.78 bits per heavy atom. The van der Waals surface area contributed by atoms with Gasteiger partial charge in [0, 0.05) is 5.92 Å². The monoisotopic (exact) mass is 125 g/mol. The van der Waals surface area contributed by atoms with Gasteiger partial charge in [0.15, 0.2) is 0 Å². The van der Waals surface area contributed by atoms with Crippen LogP contribution in [0.25, 0.3) is 0 Å². The molecule has 0 fully saturated rings. The van der Waals surface area contributed by atoms with Gasteiger partial charge in [-0.05, 0) is 12.8 Å². The molecular formula is C8H15N. The molecule has 0 saturated heterocycles. The van der Waals surface area contributed by atoms with E-state index in [9.17, 15) is 0 Å². The second-order valence-electron chi connectivity index (χ2n) is 2.49. The first-order chi connectivity index (χ1) is 4.26. The van der Waals surface area contributed by atoms with E-state index < -0.39 is 0 Å². The number of rotatable bonds is 3. The van der Waals surface area contributed by atoms with Gasteiger partial charge < -0.3 is 0 Å². The van der Waals surface area contributed by atoms with Gasteiger partial charge in [-0.15, -0.1) is 0 Å². The van der Waals surface area contributed by atoms with E-state index in [1.165, 1.54) is 0 Å². The van der Waals surface area contributed by atoms with E-state index in [4.69, 9.17) is 5.26 Å². The summed E-state index contributed by atoms with van der Waals surface area (Å²) in [6.45, 7) is 6.28. The maximum atomic E-state index is 8.52. The number of nitriles is 1. The maximum Gasteiger partial charge on any atom is 0.0655 e. The molecule has 0 aliphatic heterocycles. The van der Waals surface area contributed by atoms with Crippen LogP contribution < -0.4 is 0 Å². The zero-order chi connectivity index (χ0) is 7.28. The SMILES string of the molecule is CCC(CC)C(C)C#N. The lowest BCUT2D eigenvalue weighted by Gasteiger charge is -2.12. The zero-order valence-corrected chi connectivity index (χ0v) is 6.52. The van der Waals surface area contributed by atoms with Crippen LogP contribution >= 0.6 is 0 Å². The number of nitrogens with zero attached hydrogens (tertiary/aromatic N) is 1. The molecule has 9 heavy (non-hydrogen) atoms. The van der Waals surface area contributed by atoms with Gasteiger partial charge in [-0.2, -0.15) is 5.26 Å². The van der Waals surface area contributed by atoms with E-state index in [1.807, 2.05) is 6.92 Å². The maximum absolute atomic E-state index is 8.52. The summed E-state index contributed by atoms with van der Waals surface area (Å²) in [6.07, 6.45) is 2.26. The molecule has 0 radical (unpaired) electrons. The van der Waals surface area contributed by atoms with Crippen LogP contribution in [0.2, 0.25) is 0 Å². The van der Waals surface area contributed by atoms with Crippen LogP contribution in [0.1, 0.15) is 33.6 Å². The molecule has 1 atom stereocenters. The summed E-state index contributed by atoms with van der Waals surface area (Å²) in [6, 6.07) is 2.27. The third kappa shape index (κ3) is 2.51. The minimum absolute atomic E-state index is 0.236. The standard InChI is InChI=1S/C8H15N/c1-4-8(5-2)7(3)6-9/h7-8H,4-5H2,1-3H3. The molecule has 0 aliphatic carbocycles. The lowest BCUT2D eigenvalue weighted by atomic mass is 9.91. The van der Waals surface area contributed by atoms with E-state index in [2.05, 4.69) is 19.9 Å². The fraction of sp³-hybridized carbons (Fsp3) is 0.875. The van der Waals surface area contributed by atoms with Crippen molar-refractivity contribution in [2.45, 2.75) is 33.6 Å². The quantitative estimate of drug-likeness (QED) is 0.568. The number of hydrogen-bond donors (Lipinski definition) is 0. The van der Waals surface area contributed by atoms with Crippen molar-refractivity contribution in [1.82, 2.24) is 0 Å². The molecule has 0 amide bonds. The predicted molar refractivity (Wildman–Crippen MR) is 38.8 cm³/mol. The molecule has 0 saturated carbocycles. The lowest BCUT2D eigenvalue weighted by molar-refractivity contribution is 0.402. The summed E-state index contributed by atoms with van der Waals surface area (Å²) in [4.78, 5) is 0. The molecule has 1 heteroatoms. The Hall–Kier alpha value is -0.510. The Morgan fingerprint density at radius 1 is 1.33 bits per heavy atom. The molecule has 0 aromatic heterocycles. The molecule has 0 rings (SSSR count). The van der Waals surface area contributed by atoms with Crippen molar-refractivity contribution in [2.75, 3.05) is 0 Å². The Labute approximate surface area is 57.7 Å². The van der Waals surface area contributed by atoms with Crippen molar-refractivity contribution in [3.05, 3.63) is 0 Å². The molecule has 1 nitrogen and oxygen atoms in total. The summed E-state index contributed by atoms with van der Waals surface area (Å²) < 4.78 is 0. The van der Waals surface area contributed by atoms with Gasteiger partial charge in [-0.3, -0.25) is 0 Å². The summed E-state index contributed by atoms with van der Waals surface area (Å²) in [5.41, 5.74) is 0. The number of hydrogen-bond acceptors (Lipinski definition) is 1. The van der Waals surface area contributed by atoms with E-state index in [0.717, 1.165) is 12.8 Å². The van der Waals surface area contributed by atoms with Crippen LogP contribution in [0, 0.1) is 23.2 Å². The highest BCUT2D eigenvalue weighted by Crippen LogP contribution is 2.17.